The minimum Gasteiger partial charge on any atom is -0.493 e. The van der Waals surface area contributed by atoms with Gasteiger partial charge in [-0.3, -0.25) is 4.98 Å². The van der Waals surface area contributed by atoms with E-state index in [-0.39, 0.29) is 5.82 Å². The Bertz CT molecular complexity index is 1160. The first-order valence-electron chi connectivity index (χ1n) is 11.3. The van der Waals surface area contributed by atoms with Gasteiger partial charge in [0, 0.05) is 37.0 Å². The summed E-state index contributed by atoms with van der Waals surface area (Å²) in [6, 6.07) is 16.1. The van der Waals surface area contributed by atoms with Crippen molar-refractivity contribution in [3.8, 4) is 11.5 Å². The van der Waals surface area contributed by atoms with Crippen LogP contribution in [0.2, 0.25) is 0 Å². The Morgan fingerprint density at radius 1 is 1.00 bits per heavy atom. The third-order valence-corrected chi connectivity index (χ3v) is 5.43. The molecule has 1 N–H and O–H groups in total. The van der Waals surface area contributed by atoms with Crippen LogP contribution in [0.3, 0.4) is 0 Å². The van der Waals surface area contributed by atoms with Crippen molar-refractivity contribution >= 4 is 11.0 Å². The van der Waals surface area contributed by atoms with Gasteiger partial charge in [0.15, 0.2) is 0 Å². The van der Waals surface area contributed by atoms with Gasteiger partial charge in [-0.15, -0.1) is 0 Å². The molecule has 0 saturated carbocycles. The van der Waals surface area contributed by atoms with E-state index < -0.39 is 0 Å². The molecular formula is C27H29FN2O3. The highest BCUT2D eigenvalue weighted by atomic mass is 19.1. The standard InChI is InChI=1S/C27H29FN2O3/c1-20-24(12-5-15-31-23-9-2-8-22(28)17-23)33-26-11-3-10-25(27(20)26)32-16-6-14-30-19-21-7-4-13-29-18-21/h2-4,7-11,13,17-18,30H,5-6,12,14-16,19H2,1H3. The Kier molecular flexibility index (Phi) is 7.93. The van der Waals surface area contributed by atoms with Crippen LogP contribution in [0.15, 0.2) is 71.4 Å². The zero-order valence-electron chi connectivity index (χ0n) is 18.9. The van der Waals surface area contributed by atoms with Crippen molar-refractivity contribution in [2.45, 2.75) is 32.7 Å². The van der Waals surface area contributed by atoms with Crippen molar-refractivity contribution < 1.29 is 18.3 Å². The van der Waals surface area contributed by atoms with Crippen molar-refractivity contribution in [1.29, 1.82) is 0 Å². The molecule has 2 heterocycles. The number of hydrogen-bond acceptors (Lipinski definition) is 5. The summed E-state index contributed by atoms with van der Waals surface area (Å²) in [6.45, 7) is 4.86. The second-order valence-corrected chi connectivity index (χ2v) is 7.93. The number of hydrogen-bond donors (Lipinski definition) is 1. The molecule has 0 atom stereocenters. The Morgan fingerprint density at radius 2 is 1.88 bits per heavy atom. The molecule has 0 spiro atoms. The van der Waals surface area contributed by atoms with Crippen molar-refractivity contribution in [2.75, 3.05) is 19.8 Å². The van der Waals surface area contributed by atoms with Crippen LogP contribution in [0.4, 0.5) is 4.39 Å². The van der Waals surface area contributed by atoms with E-state index >= 15 is 0 Å². The van der Waals surface area contributed by atoms with Crippen LogP contribution < -0.4 is 14.8 Å². The molecule has 6 heteroatoms. The normalized spacial score (nSPS) is 11.1. The van der Waals surface area contributed by atoms with Gasteiger partial charge in [-0.25, -0.2) is 4.39 Å². The molecule has 172 valence electrons. The first-order chi connectivity index (χ1) is 16.2. The van der Waals surface area contributed by atoms with E-state index in [9.17, 15) is 4.39 Å². The van der Waals surface area contributed by atoms with Gasteiger partial charge >= 0.3 is 0 Å². The average Bonchev–Trinajstić information content (AvgIpc) is 3.16. The van der Waals surface area contributed by atoms with E-state index in [2.05, 4.69) is 23.3 Å². The van der Waals surface area contributed by atoms with Crippen LogP contribution in [0.5, 0.6) is 11.5 Å². The lowest BCUT2D eigenvalue weighted by atomic mass is 10.1. The van der Waals surface area contributed by atoms with Crippen LogP contribution >= 0.6 is 0 Å². The molecule has 4 rings (SSSR count). The number of halogens is 1. The fourth-order valence-corrected chi connectivity index (χ4v) is 3.77. The summed E-state index contributed by atoms with van der Waals surface area (Å²) in [6.07, 6.45) is 6.07. The van der Waals surface area contributed by atoms with Crippen LogP contribution in [-0.4, -0.2) is 24.7 Å². The van der Waals surface area contributed by atoms with E-state index in [1.165, 1.54) is 17.7 Å². The van der Waals surface area contributed by atoms with Gasteiger partial charge in [-0.1, -0.05) is 18.2 Å². The Labute approximate surface area is 193 Å². The molecule has 2 aromatic carbocycles. The summed E-state index contributed by atoms with van der Waals surface area (Å²) in [5.74, 6) is 2.03. The monoisotopic (exact) mass is 448 g/mol. The van der Waals surface area contributed by atoms with Crippen LogP contribution in [0, 0.1) is 12.7 Å². The van der Waals surface area contributed by atoms with E-state index in [0.717, 1.165) is 60.4 Å². The molecule has 0 aliphatic carbocycles. The summed E-state index contributed by atoms with van der Waals surface area (Å²) in [5.41, 5.74) is 3.10. The fraction of sp³-hybridized carbons (Fsp3) is 0.296. The lowest BCUT2D eigenvalue weighted by molar-refractivity contribution is 0.305. The van der Waals surface area contributed by atoms with Crippen molar-refractivity contribution in [1.82, 2.24) is 10.3 Å². The van der Waals surface area contributed by atoms with Crippen molar-refractivity contribution in [3.05, 3.63) is 89.7 Å². The number of rotatable bonds is 12. The molecule has 0 saturated heterocycles. The third-order valence-electron chi connectivity index (χ3n) is 5.43. The summed E-state index contributed by atoms with van der Waals surface area (Å²) in [4.78, 5) is 4.12. The summed E-state index contributed by atoms with van der Waals surface area (Å²) < 4.78 is 31.1. The predicted molar refractivity (Wildman–Crippen MR) is 127 cm³/mol. The number of furan rings is 1. The van der Waals surface area contributed by atoms with Gasteiger partial charge in [0.05, 0.1) is 18.6 Å². The second kappa shape index (κ2) is 11.5. The predicted octanol–water partition coefficient (Wildman–Crippen LogP) is 5.85. The molecule has 0 aliphatic rings. The number of pyridine rings is 1. The number of aromatic nitrogens is 1. The second-order valence-electron chi connectivity index (χ2n) is 7.93. The zero-order chi connectivity index (χ0) is 22.9. The highest BCUT2D eigenvalue weighted by Gasteiger charge is 2.14. The molecule has 33 heavy (non-hydrogen) atoms. The molecule has 0 fully saturated rings. The number of aryl methyl sites for hydroxylation is 2. The topological polar surface area (TPSA) is 56.5 Å². The number of benzene rings is 2. The smallest absolute Gasteiger partial charge is 0.138 e. The van der Waals surface area contributed by atoms with Gasteiger partial charge in [0.25, 0.3) is 0 Å². The van der Waals surface area contributed by atoms with Crippen LogP contribution in [0.1, 0.15) is 29.7 Å². The SMILES string of the molecule is Cc1c(CCCOc2cccc(F)c2)oc2cccc(OCCCNCc3cccnc3)c12. The maximum atomic E-state index is 13.3. The molecule has 2 aromatic heterocycles. The van der Waals surface area contributed by atoms with Crippen molar-refractivity contribution in [3.63, 3.8) is 0 Å². The molecule has 0 unspecified atom stereocenters. The Balaban J connectivity index is 1.26. The minimum atomic E-state index is -0.294. The van der Waals surface area contributed by atoms with Gasteiger partial charge in [0.1, 0.15) is 28.7 Å². The first-order valence-corrected chi connectivity index (χ1v) is 11.3. The third kappa shape index (κ3) is 6.33. The maximum Gasteiger partial charge on any atom is 0.138 e. The van der Waals surface area contributed by atoms with E-state index in [4.69, 9.17) is 13.9 Å². The molecule has 0 bridgehead atoms. The summed E-state index contributed by atoms with van der Waals surface area (Å²) in [7, 11) is 0. The van der Waals surface area contributed by atoms with Crippen molar-refractivity contribution in [2.24, 2.45) is 0 Å². The summed E-state index contributed by atoms with van der Waals surface area (Å²) >= 11 is 0. The first kappa shape index (κ1) is 22.8. The number of ether oxygens (including phenoxy) is 2. The van der Waals surface area contributed by atoms with Crippen LogP contribution in [-0.2, 0) is 13.0 Å². The van der Waals surface area contributed by atoms with Gasteiger partial charge in [-0.05, 0) is 62.2 Å². The Hall–Kier alpha value is -3.38. The number of nitrogens with one attached hydrogen (secondary N) is 1. The highest BCUT2D eigenvalue weighted by molar-refractivity contribution is 5.88. The van der Waals surface area contributed by atoms with E-state index in [1.54, 1.807) is 18.3 Å². The van der Waals surface area contributed by atoms with Gasteiger partial charge < -0.3 is 19.2 Å². The average molecular weight is 449 g/mol. The maximum absolute atomic E-state index is 13.3. The quantitative estimate of drug-likeness (QED) is 0.276. The molecule has 0 amide bonds. The summed E-state index contributed by atoms with van der Waals surface area (Å²) in [5, 5.41) is 4.44. The molecule has 0 aliphatic heterocycles. The molecule has 4 aromatic rings. The van der Waals surface area contributed by atoms with E-state index in [0.29, 0.717) is 19.0 Å². The lowest BCUT2D eigenvalue weighted by Gasteiger charge is -2.09. The van der Waals surface area contributed by atoms with Gasteiger partial charge in [-0.2, -0.15) is 0 Å². The fourth-order valence-electron chi connectivity index (χ4n) is 3.77. The van der Waals surface area contributed by atoms with E-state index in [1.807, 2.05) is 30.5 Å². The lowest BCUT2D eigenvalue weighted by Crippen LogP contribution is -2.17. The number of fused-ring (bicyclic) bond motifs is 1. The largest absolute Gasteiger partial charge is 0.493 e. The number of nitrogens with zero attached hydrogens (tertiary/aromatic N) is 1. The zero-order valence-corrected chi connectivity index (χ0v) is 18.9. The van der Waals surface area contributed by atoms with Crippen LogP contribution in [0.25, 0.3) is 11.0 Å². The molecule has 0 radical (unpaired) electrons. The highest BCUT2D eigenvalue weighted by Crippen LogP contribution is 2.33. The molecule has 5 nitrogen and oxygen atoms in total. The molecular weight excluding hydrogens is 419 g/mol. The van der Waals surface area contributed by atoms with Gasteiger partial charge in [0.2, 0.25) is 0 Å². The minimum absolute atomic E-state index is 0.294. The Morgan fingerprint density at radius 3 is 2.73 bits per heavy atom.